The molecule has 94 valence electrons. The standard InChI is InChI=1S/C10H13F2N3O2/c1-13-9(17)8-4-7(2-3-14-8)15-5-10(11,12)6-16/h2-4,16H,5-6H2,1H3,(H,13,17)(H,14,15). The number of nitrogens with zero attached hydrogens (tertiary/aromatic N) is 1. The van der Waals surface area contributed by atoms with Crippen LogP contribution < -0.4 is 10.6 Å². The average Bonchev–Trinajstić information content (AvgIpc) is 2.36. The molecule has 0 aromatic carbocycles. The molecule has 1 amide bonds. The van der Waals surface area contributed by atoms with Crippen molar-refractivity contribution in [3.8, 4) is 0 Å². The van der Waals surface area contributed by atoms with E-state index >= 15 is 0 Å². The zero-order chi connectivity index (χ0) is 12.9. The summed E-state index contributed by atoms with van der Waals surface area (Å²) in [6.45, 7) is -1.94. The lowest BCUT2D eigenvalue weighted by Crippen LogP contribution is -2.31. The number of pyridine rings is 1. The van der Waals surface area contributed by atoms with Gasteiger partial charge in [0.15, 0.2) is 0 Å². The number of aliphatic hydroxyl groups excluding tert-OH is 1. The number of halogens is 2. The third kappa shape index (κ3) is 3.95. The average molecular weight is 245 g/mol. The number of nitrogens with one attached hydrogen (secondary N) is 2. The van der Waals surface area contributed by atoms with Crippen molar-refractivity contribution in [3.05, 3.63) is 24.0 Å². The van der Waals surface area contributed by atoms with Crippen molar-refractivity contribution in [2.75, 3.05) is 25.5 Å². The predicted octanol–water partition coefficient (Wildman–Crippen LogP) is 0.481. The van der Waals surface area contributed by atoms with Gasteiger partial charge in [0.2, 0.25) is 0 Å². The van der Waals surface area contributed by atoms with Crippen LogP contribution in [-0.2, 0) is 0 Å². The van der Waals surface area contributed by atoms with Crippen molar-refractivity contribution in [3.63, 3.8) is 0 Å². The molecular weight excluding hydrogens is 232 g/mol. The summed E-state index contributed by atoms with van der Waals surface area (Å²) in [6.07, 6.45) is 1.34. The van der Waals surface area contributed by atoms with Gasteiger partial charge in [-0.05, 0) is 12.1 Å². The van der Waals surface area contributed by atoms with Crippen molar-refractivity contribution < 1.29 is 18.7 Å². The summed E-state index contributed by atoms with van der Waals surface area (Å²) in [6, 6.07) is 2.81. The van der Waals surface area contributed by atoms with Gasteiger partial charge in [-0.2, -0.15) is 0 Å². The van der Waals surface area contributed by atoms with Crippen LogP contribution >= 0.6 is 0 Å². The topological polar surface area (TPSA) is 74.2 Å². The van der Waals surface area contributed by atoms with Gasteiger partial charge in [-0.15, -0.1) is 0 Å². The number of hydrogen-bond donors (Lipinski definition) is 3. The van der Waals surface area contributed by atoms with Gasteiger partial charge >= 0.3 is 0 Å². The maximum atomic E-state index is 12.8. The lowest BCUT2D eigenvalue weighted by Gasteiger charge is -2.15. The molecule has 0 radical (unpaired) electrons. The molecule has 17 heavy (non-hydrogen) atoms. The van der Waals surface area contributed by atoms with Gasteiger partial charge in [-0.3, -0.25) is 9.78 Å². The first-order chi connectivity index (χ1) is 7.98. The molecule has 3 N–H and O–H groups in total. The second-order valence-electron chi connectivity index (χ2n) is 3.38. The molecule has 0 saturated carbocycles. The normalized spacial score (nSPS) is 11.1. The highest BCUT2D eigenvalue weighted by Gasteiger charge is 2.27. The molecular formula is C10H13F2N3O2. The highest BCUT2D eigenvalue weighted by atomic mass is 19.3. The summed E-state index contributed by atoms with van der Waals surface area (Å²) in [4.78, 5) is 15.0. The number of rotatable bonds is 5. The molecule has 1 rings (SSSR count). The van der Waals surface area contributed by atoms with Crippen molar-refractivity contribution in [2.45, 2.75) is 5.92 Å². The molecule has 5 nitrogen and oxygen atoms in total. The van der Waals surface area contributed by atoms with E-state index in [1.54, 1.807) is 0 Å². The maximum absolute atomic E-state index is 12.8. The Kier molecular flexibility index (Phi) is 4.33. The van der Waals surface area contributed by atoms with Crippen LogP contribution in [0.4, 0.5) is 14.5 Å². The number of alkyl halides is 2. The first-order valence-corrected chi connectivity index (χ1v) is 4.89. The van der Waals surface area contributed by atoms with Crippen molar-refractivity contribution in [1.29, 1.82) is 0 Å². The quantitative estimate of drug-likeness (QED) is 0.705. The molecule has 0 spiro atoms. The van der Waals surface area contributed by atoms with Crippen LogP contribution in [0.15, 0.2) is 18.3 Å². The van der Waals surface area contributed by atoms with Crippen LogP contribution in [0, 0.1) is 0 Å². The summed E-state index contributed by atoms with van der Waals surface area (Å²) < 4.78 is 25.5. The lowest BCUT2D eigenvalue weighted by atomic mass is 10.3. The Bertz CT molecular complexity index is 399. The molecule has 1 aromatic rings. The van der Waals surface area contributed by atoms with Gasteiger partial charge < -0.3 is 15.7 Å². The summed E-state index contributed by atoms with van der Waals surface area (Å²) in [7, 11) is 1.45. The second kappa shape index (κ2) is 5.53. The van der Waals surface area contributed by atoms with E-state index in [4.69, 9.17) is 5.11 Å². The van der Waals surface area contributed by atoms with E-state index in [2.05, 4.69) is 15.6 Å². The number of aromatic nitrogens is 1. The third-order valence-electron chi connectivity index (χ3n) is 2.00. The van der Waals surface area contributed by atoms with E-state index in [-0.39, 0.29) is 5.69 Å². The third-order valence-corrected chi connectivity index (χ3v) is 2.00. The Morgan fingerprint density at radius 1 is 1.59 bits per heavy atom. The summed E-state index contributed by atoms with van der Waals surface area (Å²) in [5.41, 5.74) is 0.469. The van der Waals surface area contributed by atoms with E-state index in [1.165, 1.54) is 25.4 Å². The maximum Gasteiger partial charge on any atom is 0.287 e. The van der Waals surface area contributed by atoms with Crippen LogP contribution in [-0.4, -0.2) is 42.1 Å². The van der Waals surface area contributed by atoms with E-state index in [9.17, 15) is 13.6 Å². The van der Waals surface area contributed by atoms with Crippen molar-refractivity contribution >= 4 is 11.6 Å². The van der Waals surface area contributed by atoms with Crippen molar-refractivity contribution in [1.82, 2.24) is 10.3 Å². The highest BCUT2D eigenvalue weighted by Crippen LogP contribution is 2.14. The Morgan fingerprint density at radius 2 is 2.29 bits per heavy atom. The fourth-order valence-electron chi connectivity index (χ4n) is 1.08. The van der Waals surface area contributed by atoms with Gasteiger partial charge in [-0.25, -0.2) is 8.78 Å². The Balaban J connectivity index is 2.70. The highest BCUT2D eigenvalue weighted by molar-refractivity contribution is 5.92. The van der Waals surface area contributed by atoms with Crippen LogP contribution in [0.1, 0.15) is 10.5 Å². The van der Waals surface area contributed by atoms with Gasteiger partial charge in [0, 0.05) is 18.9 Å². The van der Waals surface area contributed by atoms with E-state index < -0.39 is 25.0 Å². The lowest BCUT2D eigenvalue weighted by molar-refractivity contribution is -0.0372. The molecule has 0 aliphatic carbocycles. The molecule has 0 bridgehead atoms. The molecule has 1 heterocycles. The molecule has 1 aromatic heterocycles. The Morgan fingerprint density at radius 3 is 2.88 bits per heavy atom. The summed E-state index contributed by atoms with van der Waals surface area (Å²) in [5, 5.41) is 13.2. The zero-order valence-corrected chi connectivity index (χ0v) is 9.20. The van der Waals surface area contributed by atoms with Gasteiger partial charge in [0.1, 0.15) is 12.3 Å². The number of anilines is 1. The summed E-state index contributed by atoms with van der Waals surface area (Å²) in [5.74, 6) is -3.60. The Labute approximate surface area is 96.9 Å². The predicted molar refractivity (Wildman–Crippen MR) is 58.1 cm³/mol. The number of carbonyl (C=O) groups is 1. The SMILES string of the molecule is CNC(=O)c1cc(NCC(F)(F)CO)ccn1. The minimum absolute atomic E-state index is 0.129. The van der Waals surface area contributed by atoms with Crippen LogP contribution in [0.5, 0.6) is 0 Å². The second-order valence-corrected chi connectivity index (χ2v) is 3.38. The van der Waals surface area contributed by atoms with Crippen LogP contribution in [0.3, 0.4) is 0 Å². The fourth-order valence-corrected chi connectivity index (χ4v) is 1.08. The number of aliphatic hydroxyl groups is 1. The largest absolute Gasteiger partial charge is 0.390 e. The minimum Gasteiger partial charge on any atom is -0.390 e. The molecule has 7 heteroatoms. The molecule has 0 unspecified atom stereocenters. The first kappa shape index (κ1) is 13.3. The molecule has 0 aliphatic heterocycles. The van der Waals surface area contributed by atoms with E-state index in [0.717, 1.165) is 0 Å². The van der Waals surface area contributed by atoms with Crippen LogP contribution in [0.25, 0.3) is 0 Å². The van der Waals surface area contributed by atoms with Crippen LogP contribution in [0.2, 0.25) is 0 Å². The molecule has 0 aliphatic rings. The molecule has 0 fully saturated rings. The number of amides is 1. The van der Waals surface area contributed by atoms with E-state index in [0.29, 0.717) is 5.69 Å². The smallest absolute Gasteiger partial charge is 0.287 e. The fraction of sp³-hybridized carbons (Fsp3) is 0.400. The molecule has 0 saturated heterocycles. The number of carbonyl (C=O) groups excluding carboxylic acids is 1. The molecule has 0 atom stereocenters. The monoisotopic (exact) mass is 245 g/mol. The Hall–Kier alpha value is -1.76. The van der Waals surface area contributed by atoms with Crippen molar-refractivity contribution in [2.24, 2.45) is 0 Å². The minimum atomic E-state index is -3.20. The van der Waals surface area contributed by atoms with Gasteiger partial charge in [0.25, 0.3) is 11.8 Å². The summed E-state index contributed by atoms with van der Waals surface area (Å²) >= 11 is 0. The first-order valence-electron chi connectivity index (χ1n) is 4.89. The van der Waals surface area contributed by atoms with Gasteiger partial charge in [-0.1, -0.05) is 0 Å². The van der Waals surface area contributed by atoms with Gasteiger partial charge in [0.05, 0.1) is 6.54 Å². The van der Waals surface area contributed by atoms with E-state index in [1.807, 2.05) is 0 Å². The number of hydrogen-bond acceptors (Lipinski definition) is 4. The zero-order valence-electron chi connectivity index (χ0n) is 9.20.